The molecule has 0 saturated heterocycles. The number of methoxy groups -OCH3 is 1. The van der Waals surface area contributed by atoms with Crippen LogP contribution in [0.2, 0.25) is 10.3 Å². The Bertz CT molecular complexity index is 641. The number of nitrogens with zero attached hydrogens (tertiary/aromatic N) is 2. The molecule has 2 heterocycles. The molecule has 0 bridgehead atoms. The number of benzene rings is 1. The van der Waals surface area contributed by atoms with Gasteiger partial charge in [0, 0.05) is 6.42 Å². The summed E-state index contributed by atoms with van der Waals surface area (Å²) in [6, 6.07) is 5.66. The predicted octanol–water partition coefficient (Wildman–Crippen LogP) is 3.11. The number of halogens is 2. The first-order valence-electron chi connectivity index (χ1n) is 5.82. The van der Waals surface area contributed by atoms with Gasteiger partial charge in [-0.2, -0.15) is 0 Å². The Morgan fingerprint density at radius 3 is 2.55 bits per heavy atom. The van der Waals surface area contributed by atoms with E-state index in [1.165, 1.54) is 7.11 Å². The lowest BCUT2D eigenvalue weighted by Gasteiger charge is -2.07. The quantitative estimate of drug-likeness (QED) is 0.815. The van der Waals surface area contributed by atoms with Crippen LogP contribution in [0.15, 0.2) is 18.2 Å². The molecule has 2 aromatic rings. The van der Waals surface area contributed by atoms with E-state index in [9.17, 15) is 0 Å². The van der Waals surface area contributed by atoms with Gasteiger partial charge in [0.05, 0.1) is 7.11 Å². The highest BCUT2D eigenvalue weighted by atomic mass is 35.5. The molecule has 0 unspecified atom stereocenters. The van der Waals surface area contributed by atoms with Crippen molar-refractivity contribution in [2.24, 2.45) is 0 Å². The van der Waals surface area contributed by atoms with Crippen molar-refractivity contribution in [2.75, 3.05) is 13.9 Å². The summed E-state index contributed by atoms with van der Waals surface area (Å²) < 4.78 is 15.6. The Morgan fingerprint density at radius 1 is 1.15 bits per heavy atom. The van der Waals surface area contributed by atoms with E-state index in [0.29, 0.717) is 18.0 Å². The maximum Gasteiger partial charge on any atom is 0.231 e. The number of hydrogen-bond acceptors (Lipinski definition) is 5. The first kappa shape index (κ1) is 13.3. The van der Waals surface area contributed by atoms with E-state index in [0.717, 1.165) is 11.3 Å². The SMILES string of the molecule is COc1c(Cl)nc(Cc2ccc3c(c2)OCO3)nc1Cl. The van der Waals surface area contributed by atoms with Crippen LogP contribution >= 0.6 is 23.2 Å². The van der Waals surface area contributed by atoms with Gasteiger partial charge in [0.2, 0.25) is 6.79 Å². The van der Waals surface area contributed by atoms with Gasteiger partial charge in [-0.15, -0.1) is 0 Å². The summed E-state index contributed by atoms with van der Waals surface area (Å²) in [4.78, 5) is 8.33. The second-order valence-corrected chi connectivity index (χ2v) is 4.84. The average Bonchev–Trinajstić information content (AvgIpc) is 2.85. The zero-order valence-corrected chi connectivity index (χ0v) is 12.0. The maximum atomic E-state index is 5.99. The van der Waals surface area contributed by atoms with Gasteiger partial charge in [0.15, 0.2) is 27.6 Å². The Balaban J connectivity index is 1.88. The highest BCUT2D eigenvalue weighted by Gasteiger charge is 2.15. The second kappa shape index (κ2) is 5.34. The molecule has 1 aliphatic rings. The Labute approximate surface area is 125 Å². The fourth-order valence-electron chi connectivity index (χ4n) is 1.92. The summed E-state index contributed by atoms with van der Waals surface area (Å²) in [6.45, 7) is 0.246. The zero-order chi connectivity index (χ0) is 14.1. The topological polar surface area (TPSA) is 53.5 Å². The Hall–Kier alpha value is -1.72. The minimum absolute atomic E-state index is 0.197. The summed E-state index contributed by atoms with van der Waals surface area (Å²) in [5, 5.41) is 0.395. The molecule has 0 N–H and O–H groups in total. The third-order valence-electron chi connectivity index (χ3n) is 2.83. The lowest BCUT2D eigenvalue weighted by atomic mass is 10.1. The molecule has 0 radical (unpaired) electrons. The van der Waals surface area contributed by atoms with Gasteiger partial charge in [0.1, 0.15) is 5.82 Å². The number of rotatable bonds is 3. The van der Waals surface area contributed by atoms with Crippen LogP contribution in [-0.4, -0.2) is 23.9 Å². The summed E-state index contributed by atoms with van der Waals surface area (Å²) in [7, 11) is 1.47. The van der Waals surface area contributed by atoms with E-state index < -0.39 is 0 Å². The van der Waals surface area contributed by atoms with Crippen LogP contribution in [0.1, 0.15) is 11.4 Å². The summed E-state index contributed by atoms with van der Waals surface area (Å²) in [5.41, 5.74) is 0.978. The number of fused-ring (bicyclic) bond motifs is 1. The van der Waals surface area contributed by atoms with E-state index in [1.807, 2.05) is 18.2 Å². The lowest BCUT2D eigenvalue weighted by molar-refractivity contribution is 0.174. The van der Waals surface area contributed by atoms with Crippen molar-refractivity contribution < 1.29 is 14.2 Å². The molecule has 1 aromatic heterocycles. The summed E-state index contributed by atoms with van der Waals surface area (Å²) in [6.07, 6.45) is 0.486. The molecule has 0 atom stereocenters. The summed E-state index contributed by atoms with van der Waals surface area (Å²) in [5.74, 6) is 2.25. The van der Waals surface area contributed by atoms with E-state index >= 15 is 0 Å². The molecule has 1 aromatic carbocycles. The zero-order valence-electron chi connectivity index (χ0n) is 10.5. The highest BCUT2D eigenvalue weighted by molar-refractivity contribution is 6.35. The van der Waals surface area contributed by atoms with E-state index in [1.54, 1.807) is 0 Å². The van der Waals surface area contributed by atoms with Crippen molar-refractivity contribution in [1.29, 1.82) is 0 Å². The van der Waals surface area contributed by atoms with Crippen molar-refractivity contribution in [3.8, 4) is 17.2 Å². The molecule has 1 aliphatic heterocycles. The van der Waals surface area contributed by atoms with Crippen molar-refractivity contribution in [2.45, 2.75) is 6.42 Å². The Kier molecular flexibility index (Phi) is 3.54. The molecule has 0 saturated carbocycles. The molecule has 0 aliphatic carbocycles. The van der Waals surface area contributed by atoms with Crippen molar-refractivity contribution in [1.82, 2.24) is 9.97 Å². The first-order valence-corrected chi connectivity index (χ1v) is 6.57. The highest BCUT2D eigenvalue weighted by Crippen LogP contribution is 2.34. The van der Waals surface area contributed by atoms with Crippen LogP contribution in [0.3, 0.4) is 0 Å². The molecule has 7 heteroatoms. The standard InChI is InChI=1S/C13H10Cl2N2O3/c1-18-11-12(14)16-10(17-13(11)15)5-7-2-3-8-9(4-7)20-6-19-8/h2-4H,5-6H2,1H3. The summed E-state index contributed by atoms with van der Waals surface area (Å²) >= 11 is 12.0. The Morgan fingerprint density at radius 2 is 1.85 bits per heavy atom. The van der Waals surface area contributed by atoms with Gasteiger partial charge in [-0.05, 0) is 17.7 Å². The minimum atomic E-state index is 0.197. The van der Waals surface area contributed by atoms with E-state index in [-0.39, 0.29) is 22.8 Å². The van der Waals surface area contributed by atoms with Gasteiger partial charge in [0.25, 0.3) is 0 Å². The van der Waals surface area contributed by atoms with Crippen molar-refractivity contribution in [3.63, 3.8) is 0 Å². The molecule has 104 valence electrons. The lowest BCUT2D eigenvalue weighted by Crippen LogP contribution is -2.00. The maximum absolute atomic E-state index is 5.99. The van der Waals surface area contributed by atoms with Crippen LogP contribution in [0.25, 0.3) is 0 Å². The molecule has 3 rings (SSSR count). The molecule has 0 fully saturated rings. The second-order valence-electron chi connectivity index (χ2n) is 4.12. The van der Waals surface area contributed by atoms with Gasteiger partial charge in [-0.3, -0.25) is 0 Å². The molecule has 0 spiro atoms. The van der Waals surface area contributed by atoms with E-state index in [4.69, 9.17) is 37.4 Å². The van der Waals surface area contributed by atoms with Crippen LogP contribution in [0.4, 0.5) is 0 Å². The van der Waals surface area contributed by atoms with Crippen LogP contribution < -0.4 is 14.2 Å². The third-order valence-corrected chi connectivity index (χ3v) is 3.34. The molecular formula is C13H10Cl2N2O3. The van der Waals surface area contributed by atoms with Gasteiger partial charge in [-0.1, -0.05) is 29.3 Å². The molecule has 20 heavy (non-hydrogen) atoms. The monoisotopic (exact) mass is 312 g/mol. The minimum Gasteiger partial charge on any atom is -0.491 e. The number of hydrogen-bond donors (Lipinski definition) is 0. The normalized spacial score (nSPS) is 12.6. The van der Waals surface area contributed by atoms with Gasteiger partial charge in [-0.25, -0.2) is 9.97 Å². The fourth-order valence-corrected chi connectivity index (χ4v) is 2.50. The largest absolute Gasteiger partial charge is 0.491 e. The molecule has 5 nitrogen and oxygen atoms in total. The smallest absolute Gasteiger partial charge is 0.231 e. The van der Waals surface area contributed by atoms with Crippen LogP contribution in [-0.2, 0) is 6.42 Å². The molecular weight excluding hydrogens is 303 g/mol. The average molecular weight is 313 g/mol. The molecule has 0 amide bonds. The van der Waals surface area contributed by atoms with Crippen LogP contribution in [0.5, 0.6) is 17.2 Å². The van der Waals surface area contributed by atoms with Gasteiger partial charge < -0.3 is 14.2 Å². The van der Waals surface area contributed by atoms with Crippen LogP contribution in [0, 0.1) is 0 Å². The third kappa shape index (κ3) is 2.46. The van der Waals surface area contributed by atoms with Gasteiger partial charge >= 0.3 is 0 Å². The van der Waals surface area contributed by atoms with Crippen molar-refractivity contribution in [3.05, 3.63) is 39.9 Å². The fraction of sp³-hybridized carbons (Fsp3) is 0.231. The predicted molar refractivity (Wildman–Crippen MR) is 74.0 cm³/mol. The number of aromatic nitrogens is 2. The number of ether oxygens (including phenoxy) is 3. The van der Waals surface area contributed by atoms with E-state index in [2.05, 4.69) is 9.97 Å². The first-order chi connectivity index (χ1) is 9.67. The van der Waals surface area contributed by atoms with Crippen molar-refractivity contribution >= 4 is 23.2 Å².